The Morgan fingerprint density at radius 2 is 1.95 bits per heavy atom. The Balaban J connectivity index is 2.11. The number of carboxylic acid groups (broad SMARTS) is 1. The van der Waals surface area contributed by atoms with Crippen molar-refractivity contribution in [1.29, 1.82) is 0 Å². The summed E-state index contributed by atoms with van der Waals surface area (Å²) in [6, 6.07) is 0. The van der Waals surface area contributed by atoms with Gasteiger partial charge >= 0.3 is 12.1 Å². The molecule has 2 rings (SSSR count). The maximum atomic E-state index is 12.8. The summed E-state index contributed by atoms with van der Waals surface area (Å²) in [6.07, 6.45) is -3.08. The first-order valence-corrected chi connectivity index (χ1v) is 6.32. The minimum Gasteiger partial charge on any atom is -0.476 e. The van der Waals surface area contributed by atoms with Crippen molar-refractivity contribution in [2.24, 2.45) is 0 Å². The van der Waals surface area contributed by atoms with E-state index in [1.165, 1.54) is 6.20 Å². The molecule has 1 aromatic heterocycles. The van der Waals surface area contributed by atoms with Crippen LogP contribution in [0.2, 0.25) is 0 Å². The van der Waals surface area contributed by atoms with E-state index in [4.69, 9.17) is 5.11 Å². The van der Waals surface area contributed by atoms with Gasteiger partial charge in [0.25, 0.3) is 0 Å². The molecule has 21 heavy (non-hydrogen) atoms. The van der Waals surface area contributed by atoms with Gasteiger partial charge in [-0.1, -0.05) is 0 Å². The highest BCUT2D eigenvalue weighted by atomic mass is 19.4. The predicted molar refractivity (Wildman–Crippen MR) is 66.1 cm³/mol. The fraction of sp³-hybridized carbons (Fsp3) is 0.583. The third kappa shape index (κ3) is 3.23. The molecule has 0 aliphatic carbocycles. The molecule has 0 spiro atoms. The highest BCUT2D eigenvalue weighted by molar-refractivity contribution is 5.84. The summed E-state index contributed by atoms with van der Waals surface area (Å²) < 4.78 is 38.4. The van der Waals surface area contributed by atoms with Gasteiger partial charge in [0.2, 0.25) is 0 Å². The number of anilines is 1. The molecule has 0 bridgehead atoms. The van der Waals surface area contributed by atoms with Crippen molar-refractivity contribution in [1.82, 2.24) is 9.97 Å². The second-order valence-electron chi connectivity index (χ2n) is 4.93. The van der Waals surface area contributed by atoms with Crippen LogP contribution in [0, 0.1) is 0 Å². The Kier molecular flexibility index (Phi) is 4.04. The van der Waals surface area contributed by atoms with E-state index in [-0.39, 0.29) is 25.1 Å². The zero-order valence-electron chi connectivity index (χ0n) is 11.0. The van der Waals surface area contributed by atoms with E-state index in [0.29, 0.717) is 12.4 Å². The van der Waals surface area contributed by atoms with Crippen LogP contribution in [0.4, 0.5) is 19.0 Å². The number of carbonyl (C=O) groups is 1. The maximum absolute atomic E-state index is 12.8. The first-order chi connectivity index (χ1) is 9.73. The van der Waals surface area contributed by atoms with Crippen molar-refractivity contribution in [3.8, 4) is 0 Å². The van der Waals surface area contributed by atoms with Gasteiger partial charge in [0.15, 0.2) is 11.3 Å². The number of rotatable bonds is 2. The van der Waals surface area contributed by atoms with E-state index >= 15 is 0 Å². The van der Waals surface area contributed by atoms with E-state index in [9.17, 15) is 23.1 Å². The zero-order chi connectivity index (χ0) is 15.7. The van der Waals surface area contributed by atoms with Crippen molar-refractivity contribution < 1.29 is 28.2 Å². The first-order valence-electron chi connectivity index (χ1n) is 6.32. The maximum Gasteiger partial charge on any atom is 0.417 e. The molecule has 0 amide bonds. The Morgan fingerprint density at radius 3 is 2.48 bits per heavy atom. The minimum atomic E-state index is -4.66. The van der Waals surface area contributed by atoms with Gasteiger partial charge in [-0.15, -0.1) is 0 Å². The summed E-state index contributed by atoms with van der Waals surface area (Å²) in [5, 5.41) is 18.4. The molecule has 116 valence electrons. The molecule has 1 atom stereocenters. The van der Waals surface area contributed by atoms with E-state index in [1.54, 1.807) is 4.90 Å². The molecule has 9 heteroatoms. The molecule has 1 aliphatic heterocycles. The van der Waals surface area contributed by atoms with Gasteiger partial charge in [-0.2, -0.15) is 13.2 Å². The molecule has 0 aromatic carbocycles. The van der Waals surface area contributed by atoms with Crippen LogP contribution >= 0.6 is 0 Å². The summed E-state index contributed by atoms with van der Waals surface area (Å²) in [6.45, 7) is 0.261. The summed E-state index contributed by atoms with van der Waals surface area (Å²) in [5.74, 6) is -0.928. The van der Waals surface area contributed by atoms with Crippen LogP contribution in [0.25, 0.3) is 0 Å². The molecule has 6 nitrogen and oxygen atoms in total. The van der Waals surface area contributed by atoms with Crippen molar-refractivity contribution in [3.63, 3.8) is 0 Å². The van der Waals surface area contributed by atoms with Gasteiger partial charge in [-0.05, 0) is 12.8 Å². The van der Waals surface area contributed by atoms with E-state index in [2.05, 4.69) is 9.97 Å². The summed E-state index contributed by atoms with van der Waals surface area (Å²) >= 11 is 0. The summed E-state index contributed by atoms with van der Waals surface area (Å²) in [7, 11) is 0. The fourth-order valence-electron chi connectivity index (χ4n) is 2.23. The number of hydrogen-bond donors (Lipinski definition) is 2. The van der Waals surface area contributed by atoms with Crippen molar-refractivity contribution in [2.75, 3.05) is 18.0 Å². The number of nitrogens with zero attached hydrogens (tertiary/aromatic N) is 3. The van der Waals surface area contributed by atoms with Crippen LogP contribution in [0.15, 0.2) is 12.4 Å². The minimum absolute atomic E-state index is 0.0306. The van der Waals surface area contributed by atoms with E-state index < -0.39 is 24.2 Å². The molecule has 1 aliphatic rings. The molecule has 0 radical (unpaired) electrons. The van der Waals surface area contributed by atoms with E-state index in [1.807, 2.05) is 0 Å². The summed E-state index contributed by atoms with van der Waals surface area (Å²) in [4.78, 5) is 19.8. The largest absolute Gasteiger partial charge is 0.476 e. The topological polar surface area (TPSA) is 86.5 Å². The van der Waals surface area contributed by atoms with Crippen molar-refractivity contribution in [3.05, 3.63) is 18.1 Å². The molecular weight excluding hydrogens is 291 g/mol. The van der Waals surface area contributed by atoms with Gasteiger partial charge in [0.1, 0.15) is 5.82 Å². The lowest BCUT2D eigenvalue weighted by molar-refractivity contribution is -0.263. The Bertz CT molecular complexity index is 521. The lowest BCUT2D eigenvalue weighted by Crippen LogP contribution is -2.45. The Hall–Kier alpha value is -1.90. The Morgan fingerprint density at radius 1 is 1.24 bits per heavy atom. The number of aromatic nitrogens is 2. The number of halogens is 3. The molecule has 1 aromatic rings. The van der Waals surface area contributed by atoms with Gasteiger partial charge in [0.05, 0.1) is 12.4 Å². The highest BCUT2D eigenvalue weighted by Crippen LogP contribution is 2.38. The molecule has 1 saturated heterocycles. The highest BCUT2D eigenvalue weighted by Gasteiger charge is 2.53. The van der Waals surface area contributed by atoms with Gasteiger partial charge in [-0.3, -0.25) is 0 Å². The first kappa shape index (κ1) is 15.5. The smallest absolute Gasteiger partial charge is 0.417 e. The predicted octanol–water partition coefficient (Wildman–Crippen LogP) is 1.46. The second-order valence-corrected chi connectivity index (χ2v) is 4.93. The number of aliphatic hydroxyl groups is 1. The third-order valence-electron chi connectivity index (χ3n) is 3.52. The number of alkyl halides is 3. The van der Waals surface area contributed by atoms with Gasteiger partial charge < -0.3 is 15.1 Å². The average molecular weight is 305 g/mol. The SMILES string of the molecule is O=C(O)c1cnc(N2CCCC(O)(C(F)(F)F)CC2)cn1. The molecule has 2 N–H and O–H groups in total. The second kappa shape index (κ2) is 5.47. The normalized spacial score (nSPS) is 23.7. The molecule has 1 unspecified atom stereocenters. The van der Waals surface area contributed by atoms with Crippen LogP contribution < -0.4 is 4.90 Å². The number of aromatic carboxylic acids is 1. The average Bonchev–Trinajstić information content (AvgIpc) is 2.61. The summed E-state index contributed by atoms with van der Waals surface area (Å²) in [5.41, 5.74) is -2.92. The van der Waals surface area contributed by atoms with Crippen LogP contribution in [0.1, 0.15) is 29.8 Å². The van der Waals surface area contributed by atoms with Gasteiger partial charge in [-0.25, -0.2) is 14.8 Å². The molecule has 1 fully saturated rings. The van der Waals surface area contributed by atoms with Crippen molar-refractivity contribution in [2.45, 2.75) is 31.0 Å². The van der Waals surface area contributed by atoms with Crippen molar-refractivity contribution >= 4 is 11.8 Å². The fourth-order valence-corrected chi connectivity index (χ4v) is 2.23. The lowest BCUT2D eigenvalue weighted by atomic mass is 9.94. The number of hydrogen-bond acceptors (Lipinski definition) is 5. The standard InChI is InChI=1S/C12H14F3N3O3/c13-12(14,15)11(21)2-1-4-18(5-3-11)9-7-16-8(6-17-9)10(19)20/h6-7,21H,1-5H2,(H,19,20). The molecule has 0 saturated carbocycles. The zero-order valence-corrected chi connectivity index (χ0v) is 11.0. The van der Waals surface area contributed by atoms with Gasteiger partial charge in [0, 0.05) is 19.5 Å². The molecular formula is C12H14F3N3O3. The Labute approximate surface area is 118 Å². The van der Waals surface area contributed by atoms with Crippen LogP contribution in [-0.2, 0) is 0 Å². The lowest BCUT2D eigenvalue weighted by Gasteiger charge is -2.29. The van der Waals surface area contributed by atoms with E-state index in [0.717, 1.165) is 6.20 Å². The number of carboxylic acids is 1. The van der Waals surface area contributed by atoms with Crippen LogP contribution in [-0.4, -0.2) is 51.0 Å². The third-order valence-corrected chi connectivity index (χ3v) is 3.52. The molecule has 2 heterocycles. The quantitative estimate of drug-likeness (QED) is 0.860. The van der Waals surface area contributed by atoms with Crippen LogP contribution in [0.5, 0.6) is 0 Å². The monoisotopic (exact) mass is 305 g/mol. The van der Waals surface area contributed by atoms with Crippen LogP contribution in [0.3, 0.4) is 0 Å².